The van der Waals surface area contributed by atoms with Gasteiger partial charge in [-0.2, -0.15) is 0 Å². The number of aryl methyl sites for hydroxylation is 1. The van der Waals surface area contributed by atoms with E-state index >= 15 is 0 Å². The lowest BCUT2D eigenvalue weighted by atomic mass is 9.85. The van der Waals surface area contributed by atoms with Crippen LogP contribution >= 0.6 is 0 Å². The van der Waals surface area contributed by atoms with Gasteiger partial charge >= 0.3 is 0 Å². The van der Waals surface area contributed by atoms with Crippen LogP contribution in [0.15, 0.2) is 34.9 Å². The first-order chi connectivity index (χ1) is 14.6. The van der Waals surface area contributed by atoms with E-state index in [2.05, 4.69) is 25.8 Å². The number of nitrogens with zero attached hydrogens (tertiary/aromatic N) is 3. The van der Waals surface area contributed by atoms with E-state index in [0.717, 1.165) is 48.7 Å². The van der Waals surface area contributed by atoms with Gasteiger partial charge in [0.05, 0.1) is 18.3 Å². The van der Waals surface area contributed by atoms with Gasteiger partial charge in [0.1, 0.15) is 0 Å². The molecule has 2 aromatic heterocycles. The molecule has 0 aliphatic heterocycles. The van der Waals surface area contributed by atoms with Crippen molar-refractivity contribution in [3.63, 3.8) is 0 Å². The van der Waals surface area contributed by atoms with E-state index in [1.807, 2.05) is 31.2 Å². The van der Waals surface area contributed by atoms with E-state index in [1.54, 1.807) is 13.3 Å². The fraction of sp³-hybridized carbons (Fsp3) is 0.455. The Hall–Kier alpha value is -2.84. The molecular weight excluding hydrogens is 382 g/mol. The second kappa shape index (κ2) is 9.32. The summed E-state index contributed by atoms with van der Waals surface area (Å²) in [6, 6.07) is 8.09. The Kier molecular flexibility index (Phi) is 6.35. The Morgan fingerprint density at radius 1 is 1.20 bits per heavy atom. The first-order valence-corrected chi connectivity index (χ1v) is 10.4. The minimum Gasteiger partial charge on any atom is -0.441 e. The summed E-state index contributed by atoms with van der Waals surface area (Å²) in [5.74, 6) is 1.81. The molecule has 1 aliphatic carbocycles. The summed E-state index contributed by atoms with van der Waals surface area (Å²) in [5.41, 5.74) is 1.67. The molecule has 0 spiro atoms. The maximum Gasteiger partial charge on any atom is 0.228 e. The first kappa shape index (κ1) is 20.4. The summed E-state index contributed by atoms with van der Waals surface area (Å²) >= 11 is 0. The van der Waals surface area contributed by atoms with Gasteiger partial charge < -0.3 is 19.8 Å². The van der Waals surface area contributed by atoms with Crippen molar-refractivity contribution in [3.8, 4) is 11.3 Å². The Morgan fingerprint density at radius 2 is 2.03 bits per heavy atom. The summed E-state index contributed by atoms with van der Waals surface area (Å²) in [6.07, 6.45) is 5.42. The second-order valence-corrected chi connectivity index (χ2v) is 7.73. The third kappa shape index (κ3) is 4.83. The van der Waals surface area contributed by atoms with Crippen molar-refractivity contribution < 1.29 is 13.9 Å². The summed E-state index contributed by atoms with van der Waals surface area (Å²) < 4.78 is 10.7. The molecule has 1 aliphatic rings. The fourth-order valence-electron chi connectivity index (χ4n) is 3.91. The lowest BCUT2D eigenvalue weighted by molar-refractivity contribution is -0.120. The number of ether oxygens (including phenoxy) is 1. The van der Waals surface area contributed by atoms with Crippen LogP contribution in [0.1, 0.15) is 31.6 Å². The van der Waals surface area contributed by atoms with E-state index in [1.165, 1.54) is 0 Å². The van der Waals surface area contributed by atoms with E-state index in [4.69, 9.17) is 9.15 Å². The van der Waals surface area contributed by atoms with Crippen LogP contribution in [-0.4, -0.2) is 47.4 Å². The molecule has 30 heavy (non-hydrogen) atoms. The number of hydrogen-bond acceptors (Lipinski definition) is 7. The largest absolute Gasteiger partial charge is 0.441 e. The van der Waals surface area contributed by atoms with Crippen molar-refractivity contribution in [1.29, 1.82) is 0 Å². The lowest BCUT2D eigenvalue weighted by Crippen LogP contribution is -2.37. The molecule has 1 amide bonds. The van der Waals surface area contributed by atoms with Crippen LogP contribution in [0.25, 0.3) is 22.2 Å². The van der Waals surface area contributed by atoms with Crippen LogP contribution in [0, 0.1) is 12.8 Å². The molecule has 4 rings (SSSR count). The SMILES string of the molecule is COCCNC1CCC(C(=O)Nc2cc3cc(-c4cnc(C)o4)ccc3nn2)CC1. The lowest BCUT2D eigenvalue weighted by Gasteiger charge is -2.28. The van der Waals surface area contributed by atoms with E-state index in [-0.39, 0.29) is 11.8 Å². The number of methoxy groups -OCH3 is 1. The predicted molar refractivity (Wildman–Crippen MR) is 114 cm³/mol. The van der Waals surface area contributed by atoms with Crippen LogP contribution in [-0.2, 0) is 9.53 Å². The topological polar surface area (TPSA) is 102 Å². The van der Waals surface area contributed by atoms with E-state index in [9.17, 15) is 4.79 Å². The van der Waals surface area contributed by atoms with Crippen molar-refractivity contribution in [2.45, 2.75) is 38.6 Å². The number of fused-ring (bicyclic) bond motifs is 1. The average molecular weight is 409 g/mol. The Labute approximate surface area is 175 Å². The molecule has 8 nitrogen and oxygen atoms in total. The second-order valence-electron chi connectivity index (χ2n) is 7.73. The minimum absolute atomic E-state index is 0.00600. The molecule has 2 N–H and O–H groups in total. The highest BCUT2D eigenvalue weighted by Gasteiger charge is 2.26. The first-order valence-electron chi connectivity index (χ1n) is 10.4. The molecule has 3 aromatic rings. The summed E-state index contributed by atoms with van der Waals surface area (Å²) in [5, 5.41) is 15.7. The molecular formula is C22H27N5O3. The highest BCUT2D eigenvalue weighted by atomic mass is 16.5. The van der Waals surface area contributed by atoms with Gasteiger partial charge in [0.25, 0.3) is 0 Å². The maximum atomic E-state index is 12.7. The van der Waals surface area contributed by atoms with Gasteiger partial charge in [-0.15, -0.1) is 10.2 Å². The number of benzene rings is 1. The summed E-state index contributed by atoms with van der Waals surface area (Å²) in [4.78, 5) is 16.9. The van der Waals surface area contributed by atoms with Crippen molar-refractivity contribution in [2.75, 3.05) is 25.6 Å². The van der Waals surface area contributed by atoms with Crippen molar-refractivity contribution in [1.82, 2.24) is 20.5 Å². The van der Waals surface area contributed by atoms with Gasteiger partial charge in [-0.25, -0.2) is 4.98 Å². The smallest absolute Gasteiger partial charge is 0.228 e. The number of carbonyl (C=O) groups is 1. The molecule has 0 saturated heterocycles. The molecule has 0 radical (unpaired) electrons. The standard InChI is InChI=1S/C22H27N5O3/c1-14-24-13-20(30-14)16-5-8-19-17(11-16)12-21(27-26-19)25-22(28)15-3-6-18(7-4-15)23-9-10-29-2/h5,8,11-13,15,18,23H,3-4,6-7,9-10H2,1-2H3,(H,25,27,28). The number of carbonyl (C=O) groups excluding carboxylic acids is 1. The number of amides is 1. The number of aromatic nitrogens is 3. The van der Waals surface area contributed by atoms with E-state index < -0.39 is 0 Å². The zero-order valence-electron chi connectivity index (χ0n) is 17.4. The van der Waals surface area contributed by atoms with Crippen LogP contribution in [0.5, 0.6) is 0 Å². The molecule has 0 bridgehead atoms. The zero-order valence-corrected chi connectivity index (χ0v) is 17.4. The fourth-order valence-corrected chi connectivity index (χ4v) is 3.91. The van der Waals surface area contributed by atoms with Gasteiger partial charge in [-0.3, -0.25) is 4.79 Å². The van der Waals surface area contributed by atoms with Crippen LogP contribution in [0.3, 0.4) is 0 Å². The number of anilines is 1. The van der Waals surface area contributed by atoms with Crippen LogP contribution in [0.4, 0.5) is 5.82 Å². The van der Waals surface area contributed by atoms with Crippen molar-refractivity contribution in [3.05, 3.63) is 36.4 Å². The Balaban J connectivity index is 1.39. The van der Waals surface area contributed by atoms with Gasteiger partial charge in [-0.1, -0.05) is 0 Å². The average Bonchev–Trinajstić information content (AvgIpc) is 3.20. The third-order valence-electron chi connectivity index (χ3n) is 5.58. The Morgan fingerprint density at radius 3 is 2.77 bits per heavy atom. The highest BCUT2D eigenvalue weighted by molar-refractivity contribution is 5.94. The van der Waals surface area contributed by atoms with Gasteiger partial charge in [0.2, 0.25) is 5.91 Å². The number of hydrogen-bond donors (Lipinski definition) is 2. The Bertz CT molecular complexity index is 1010. The van der Waals surface area contributed by atoms with Gasteiger partial charge in [0.15, 0.2) is 17.5 Å². The zero-order chi connectivity index (χ0) is 20.9. The highest BCUT2D eigenvalue weighted by Crippen LogP contribution is 2.27. The van der Waals surface area contributed by atoms with Crippen LogP contribution < -0.4 is 10.6 Å². The molecule has 1 saturated carbocycles. The molecule has 1 aromatic carbocycles. The van der Waals surface area contributed by atoms with Crippen LogP contribution in [0.2, 0.25) is 0 Å². The monoisotopic (exact) mass is 409 g/mol. The minimum atomic E-state index is 0.00600. The quantitative estimate of drug-likeness (QED) is 0.577. The maximum absolute atomic E-state index is 12.7. The van der Waals surface area contributed by atoms with Crippen molar-refractivity contribution >= 4 is 22.6 Å². The molecule has 158 valence electrons. The van der Waals surface area contributed by atoms with E-state index in [0.29, 0.717) is 30.1 Å². The molecule has 0 unspecified atom stereocenters. The van der Waals surface area contributed by atoms with Gasteiger partial charge in [0, 0.05) is 43.5 Å². The number of nitrogens with one attached hydrogen (secondary N) is 2. The molecule has 0 atom stereocenters. The normalized spacial score (nSPS) is 19.1. The van der Waals surface area contributed by atoms with Gasteiger partial charge in [-0.05, 0) is 49.9 Å². The molecule has 1 fully saturated rings. The molecule has 2 heterocycles. The summed E-state index contributed by atoms with van der Waals surface area (Å²) in [7, 11) is 1.70. The summed E-state index contributed by atoms with van der Waals surface area (Å²) in [6.45, 7) is 3.37. The number of oxazole rings is 1. The third-order valence-corrected chi connectivity index (χ3v) is 5.58. The number of rotatable bonds is 7. The van der Waals surface area contributed by atoms with Crippen molar-refractivity contribution in [2.24, 2.45) is 5.92 Å². The predicted octanol–water partition coefficient (Wildman–Crippen LogP) is 3.33. The molecule has 8 heteroatoms.